The number of anilines is 1. The van der Waals surface area contributed by atoms with Gasteiger partial charge in [0.15, 0.2) is 18.1 Å². The molecule has 2 amide bonds. The highest BCUT2D eigenvalue weighted by atomic mass is 79.9. The van der Waals surface area contributed by atoms with E-state index in [1.54, 1.807) is 18.2 Å². The molecule has 0 unspecified atom stereocenters. The van der Waals surface area contributed by atoms with Crippen molar-refractivity contribution in [3.8, 4) is 17.2 Å². The van der Waals surface area contributed by atoms with Crippen molar-refractivity contribution in [1.29, 1.82) is 0 Å². The SMILES string of the molecule is O=C(CN1C(=O)COc2cc(Br)ccc21)NCc1ccc2c(c1)OCO2. The number of amides is 2. The minimum atomic E-state index is -0.258. The number of halogens is 1. The number of benzene rings is 2. The molecule has 7 nitrogen and oxygen atoms in total. The summed E-state index contributed by atoms with van der Waals surface area (Å²) < 4.78 is 16.9. The largest absolute Gasteiger partial charge is 0.482 e. The summed E-state index contributed by atoms with van der Waals surface area (Å²) in [6.45, 7) is 0.390. The third-order valence-corrected chi connectivity index (χ3v) is 4.59. The van der Waals surface area contributed by atoms with Crippen LogP contribution in [-0.4, -0.2) is 31.8 Å². The van der Waals surface area contributed by atoms with Gasteiger partial charge in [0.2, 0.25) is 12.7 Å². The number of hydrogen-bond donors (Lipinski definition) is 1. The minimum absolute atomic E-state index is 0.0681. The second-order valence-electron chi connectivity index (χ2n) is 5.84. The fraction of sp³-hybridized carbons (Fsp3) is 0.222. The molecule has 2 aliphatic heterocycles. The lowest BCUT2D eigenvalue weighted by Gasteiger charge is -2.29. The summed E-state index contributed by atoms with van der Waals surface area (Å²) in [6, 6.07) is 10.8. The van der Waals surface area contributed by atoms with Gasteiger partial charge in [-0.15, -0.1) is 0 Å². The van der Waals surface area contributed by atoms with Crippen molar-refractivity contribution < 1.29 is 23.8 Å². The first-order valence-electron chi connectivity index (χ1n) is 7.98. The molecular formula is C18H15BrN2O5. The molecule has 0 bridgehead atoms. The van der Waals surface area contributed by atoms with E-state index in [2.05, 4.69) is 21.2 Å². The predicted molar refractivity (Wildman–Crippen MR) is 96.4 cm³/mol. The average Bonchev–Trinajstić information content (AvgIpc) is 3.10. The Kier molecular flexibility index (Phi) is 4.42. The molecule has 0 aliphatic carbocycles. The maximum atomic E-state index is 12.3. The number of hydrogen-bond acceptors (Lipinski definition) is 5. The van der Waals surface area contributed by atoms with Gasteiger partial charge >= 0.3 is 0 Å². The number of carbonyl (C=O) groups is 2. The number of ether oxygens (including phenoxy) is 3. The quantitative estimate of drug-likeness (QED) is 0.823. The van der Waals surface area contributed by atoms with Crippen LogP contribution in [0.25, 0.3) is 0 Å². The molecular weight excluding hydrogens is 404 g/mol. The van der Waals surface area contributed by atoms with E-state index in [0.717, 1.165) is 10.0 Å². The highest BCUT2D eigenvalue weighted by Gasteiger charge is 2.27. The lowest BCUT2D eigenvalue weighted by Crippen LogP contribution is -2.45. The Morgan fingerprint density at radius 3 is 2.81 bits per heavy atom. The fourth-order valence-electron chi connectivity index (χ4n) is 2.80. The molecule has 2 heterocycles. The van der Waals surface area contributed by atoms with E-state index in [0.29, 0.717) is 29.5 Å². The van der Waals surface area contributed by atoms with E-state index in [1.165, 1.54) is 4.90 Å². The van der Waals surface area contributed by atoms with Crippen LogP contribution in [0.1, 0.15) is 5.56 Å². The molecule has 2 aromatic carbocycles. The smallest absolute Gasteiger partial charge is 0.265 e. The fourth-order valence-corrected chi connectivity index (χ4v) is 3.14. The van der Waals surface area contributed by atoms with Crippen molar-refractivity contribution >= 4 is 33.4 Å². The van der Waals surface area contributed by atoms with E-state index >= 15 is 0 Å². The molecule has 2 aliphatic rings. The van der Waals surface area contributed by atoms with Crippen LogP contribution in [0.3, 0.4) is 0 Å². The van der Waals surface area contributed by atoms with Crippen molar-refractivity contribution in [3.63, 3.8) is 0 Å². The zero-order valence-electron chi connectivity index (χ0n) is 13.7. The molecule has 0 saturated heterocycles. The van der Waals surface area contributed by atoms with Crippen molar-refractivity contribution in [3.05, 3.63) is 46.4 Å². The van der Waals surface area contributed by atoms with Gasteiger partial charge in [-0.2, -0.15) is 0 Å². The van der Waals surface area contributed by atoms with Gasteiger partial charge in [-0.05, 0) is 35.9 Å². The number of rotatable bonds is 4. The van der Waals surface area contributed by atoms with Crippen molar-refractivity contribution in [2.45, 2.75) is 6.54 Å². The molecule has 1 N–H and O–H groups in total. The zero-order chi connectivity index (χ0) is 18.1. The zero-order valence-corrected chi connectivity index (χ0v) is 15.2. The van der Waals surface area contributed by atoms with Crippen LogP contribution in [0.4, 0.5) is 5.69 Å². The molecule has 0 spiro atoms. The Labute approximate surface area is 158 Å². The van der Waals surface area contributed by atoms with Gasteiger partial charge < -0.3 is 19.5 Å². The highest BCUT2D eigenvalue weighted by Crippen LogP contribution is 2.34. The van der Waals surface area contributed by atoms with Crippen LogP contribution < -0.4 is 24.4 Å². The van der Waals surface area contributed by atoms with E-state index in [1.807, 2.05) is 18.2 Å². The van der Waals surface area contributed by atoms with Gasteiger partial charge in [0.1, 0.15) is 12.3 Å². The molecule has 0 fully saturated rings. The summed E-state index contributed by atoms with van der Waals surface area (Å²) in [7, 11) is 0. The first kappa shape index (κ1) is 16.7. The third-order valence-electron chi connectivity index (χ3n) is 4.09. The molecule has 0 radical (unpaired) electrons. The summed E-state index contributed by atoms with van der Waals surface area (Å²) >= 11 is 3.37. The third kappa shape index (κ3) is 3.32. The van der Waals surface area contributed by atoms with Crippen LogP contribution in [0, 0.1) is 0 Å². The lowest BCUT2D eigenvalue weighted by atomic mass is 10.2. The molecule has 8 heteroatoms. The lowest BCUT2D eigenvalue weighted by molar-refractivity contribution is -0.125. The van der Waals surface area contributed by atoms with Crippen LogP contribution in [0.15, 0.2) is 40.9 Å². The van der Waals surface area contributed by atoms with E-state index < -0.39 is 0 Å². The topological polar surface area (TPSA) is 77.1 Å². The van der Waals surface area contributed by atoms with Gasteiger partial charge in [0.05, 0.1) is 5.69 Å². The molecule has 2 aromatic rings. The molecule has 0 atom stereocenters. The predicted octanol–water partition coefficient (Wildman–Crippen LogP) is 2.22. The Morgan fingerprint density at radius 1 is 1.08 bits per heavy atom. The van der Waals surface area contributed by atoms with Crippen LogP contribution in [0.2, 0.25) is 0 Å². The monoisotopic (exact) mass is 418 g/mol. The van der Waals surface area contributed by atoms with Gasteiger partial charge in [0.25, 0.3) is 5.91 Å². The maximum Gasteiger partial charge on any atom is 0.265 e. The minimum Gasteiger partial charge on any atom is -0.482 e. The summed E-state index contributed by atoms with van der Waals surface area (Å²) in [5.74, 6) is 1.42. The van der Waals surface area contributed by atoms with E-state index in [9.17, 15) is 9.59 Å². The van der Waals surface area contributed by atoms with Gasteiger partial charge in [0, 0.05) is 11.0 Å². The first-order chi connectivity index (χ1) is 12.6. The van der Waals surface area contributed by atoms with Gasteiger partial charge in [-0.3, -0.25) is 14.5 Å². The first-order valence-corrected chi connectivity index (χ1v) is 8.77. The maximum absolute atomic E-state index is 12.3. The van der Waals surface area contributed by atoms with Gasteiger partial charge in [-0.1, -0.05) is 22.0 Å². The van der Waals surface area contributed by atoms with Gasteiger partial charge in [-0.25, -0.2) is 0 Å². The number of fused-ring (bicyclic) bond motifs is 2. The summed E-state index contributed by atoms with van der Waals surface area (Å²) in [5, 5.41) is 2.82. The Bertz CT molecular complexity index is 886. The Balaban J connectivity index is 1.41. The number of nitrogens with one attached hydrogen (secondary N) is 1. The van der Waals surface area contributed by atoms with E-state index in [4.69, 9.17) is 14.2 Å². The Hall–Kier alpha value is -2.74. The second-order valence-corrected chi connectivity index (χ2v) is 6.76. The van der Waals surface area contributed by atoms with Crippen molar-refractivity contribution in [1.82, 2.24) is 5.32 Å². The Morgan fingerprint density at radius 2 is 1.92 bits per heavy atom. The van der Waals surface area contributed by atoms with Crippen LogP contribution in [0.5, 0.6) is 17.2 Å². The standard InChI is InChI=1S/C18H15BrN2O5/c19-12-2-3-13-15(6-12)24-9-18(23)21(13)8-17(22)20-7-11-1-4-14-16(5-11)26-10-25-14/h1-6H,7-10H2,(H,20,22). The van der Waals surface area contributed by atoms with Crippen LogP contribution in [-0.2, 0) is 16.1 Å². The molecule has 0 aromatic heterocycles. The second kappa shape index (κ2) is 6.87. The summed E-state index contributed by atoms with van der Waals surface area (Å²) in [6.07, 6.45) is 0. The molecule has 134 valence electrons. The normalized spacial score (nSPS) is 14.7. The van der Waals surface area contributed by atoms with Crippen molar-refractivity contribution in [2.24, 2.45) is 0 Å². The summed E-state index contributed by atoms with van der Waals surface area (Å²) in [4.78, 5) is 25.9. The molecule has 4 rings (SSSR count). The highest BCUT2D eigenvalue weighted by molar-refractivity contribution is 9.10. The number of nitrogens with zero attached hydrogens (tertiary/aromatic N) is 1. The molecule has 0 saturated carbocycles. The van der Waals surface area contributed by atoms with E-state index in [-0.39, 0.29) is 31.8 Å². The van der Waals surface area contributed by atoms with Crippen molar-refractivity contribution in [2.75, 3.05) is 24.8 Å². The van der Waals surface area contributed by atoms with Crippen LogP contribution >= 0.6 is 15.9 Å². The number of carbonyl (C=O) groups excluding carboxylic acids is 2. The summed E-state index contributed by atoms with van der Waals surface area (Å²) in [5.41, 5.74) is 1.47. The molecule has 26 heavy (non-hydrogen) atoms. The average molecular weight is 419 g/mol.